The molecule has 0 bridgehead atoms. The van der Waals surface area contributed by atoms with Crippen molar-refractivity contribution < 1.29 is 0 Å². The molecule has 0 atom stereocenters. The summed E-state index contributed by atoms with van der Waals surface area (Å²) in [4.78, 5) is 8.03. The smallest absolute Gasteiger partial charge is 0.208 e. The third-order valence-electron chi connectivity index (χ3n) is 2.51. The summed E-state index contributed by atoms with van der Waals surface area (Å²) in [7, 11) is 0. The highest BCUT2D eigenvalue weighted by molar-refractivity contribution is 8.13. The van der Waals surface area contributed by atoms with Crippen molar-refractivity contribution >= 4 is 33.8 Å². The third-order valence-corrected chi connectivity index (χ3v) is 3.14. The molecule has 0 aliphatic rings. The molecule has 0 amide bonds. The lowest BCUT2D eigenvalue weighted by Crippen LogP contribution is -2.12. The average Bonchev–Trinajstić information content (AvgIpc) is 2.63. The van der Waals surface area contributed by atoms with Gasteiger partial charge in [-0.05, 0) is 31.7 Å². The van der Waals surface area contributed by atoms with E-state index in [0.29, 0.717) is 16.6 Å². The number of pyridine rings is 1. The van der Waals surface area contributed by atoms with Gasteiger partial charge in [-0.25, -0.2) is 4.98 Å². The Kier molecular flexibility index (Phi) is 3.21. The molecule has 0 aliphatic carbocycles. The minimum Gasteiger partial charge on any atom is -0.383 e. The van der Waals surface area contributed by atoms with Crippen LogP contribution in [0.15, 0.2) is 11.1 Å². The Morgan fingerprint density at radius 2 is 2.28 bits per heavy atom. The van der Waals surface area contributed by atoms with E-state index < -0.39 is 0 Å². The molecular formula is C11H12N6S. The first-order chi connectivity index (χ1) is 8.58. The van der Waals surface area contributed by atoms with Gasteiger partial charge < -0.3 is 5.73 Å². The van der Waals surface area contributed by atoms with Crippen molar-refractivity contribution in [2.75, 3.05) is 12.0 Å². The second-order valence-electron chi connectivity index (χ2n) is 3.77. The van der Waals surface area contributed by atoms with E-state index in [-0.39, 0.29) is 0 Å². The summed E-state index contributed by atoms with van der Waals surface area (Å²) in [5.41, 5.74) is 8.52. The van der Waals surface area contributed by atoms with E-state index >= 15 is 0 Å². The third kappa shape index (κ3) is 1.91. The summed E-state index contributed by atoms with van der Waals surface area (Å²) in [6.07, 6.45) is 3.56. The van der Waals surface area contributed by atoms with E-state index in [0.717, 1.165) is 16.6 Å². The average molecular weight is 260 g/mol. The van der Waals surface area contributed by atoms with Crippen LogP contribution in [0.3, 0.4) is 0 Å². The summed E-state index contributed by atoms with van der Waals surface area (Å²) in [5.74, 6) is 0.457. The zero-order valence-corrected chi connectivity index (χ0v) is 11.1. The number of nitrogens with two attached hydrogens (primary N) is 1. The summed E-state index contributed by atoms with van der Waals surface area (Å²) in [6.45, 7) is 3.86. The van der Waals surface area contributed by atoms with E-state index in [9.17, 15) is 0 Å². The van der Waals surface area contributed by atoms with Gasteiger partial charge in [0.15, 0.2) is 5.65 Å². The van der Waals surface area contributed by atoms with Gasteiger partial charge in [0.25, 0.3) is 0 Å². The van der Waals surface area contributed by atoms with Crippen LogP contribution >= 0.6 is 11.8 Å². The molecule has 2 heterocycles. The zero-order chi connectivity index (χ0) is 13.3. The fourth-order valence-corrected chi connectivity index (χ4v) is 2.27. The molecule has 2 aromatic rings. The number of nitrogen functional groups attached to an aromatic ring is 1. The van der Waals surface area contributed by atoms with E-state index in [1.54, 1.807) is 6.19 Å². The number of rotatable bonds is 0. The van der Waals surface area contributed by atoms with Crippen molar-refractivity contribution in [1.29, 1.82) is 5.26 Å². The number of hydrogen-bond acceptors (Lipinski definition) is 6. The second-order valence-corrected chi connectivity index (χ2v) is 4.55. The number of aromatic nitrogens is 3. The largest absolute Gasteiger partial charge is 0.383 e. The quantitative estimate of drug-likeness (QED) is 0.442. The van der Waals surface area contributed by atoms with Crippen LogP contribution in [-0.2, 0) is 0 Å². The van der Waals surface area contributed by atoms with Crippen LogP contribution < -0.4 is 5.73 Å². The number of aliphatic imine (C=N–C) groups is 1. The van der Waals surface area contributed by atoms with Gasteiger partial charge >= 0.3 is 0 Å². The predicted molar refractivity (Wildman–Crippen MR) is 73.4 cm³/mol. The normalized spacial score (nSPS) is 11.8. The van der Waals surface area contributed by atoms with Crippen molar-refractivity contribution in [1.82, 2.24) is 14.8 Å². The second kappa shape index (κ2) is 4.66. The first-order valence-electron chi connectivity index (χ1n) is 5.22. The molecule has 0 radical (unpaired) electrons. The molecule has 2 N–H and O–H groups in total. The Morgan fingerprint density at radius 3 is 2.89 bits per heavy atom. The molecule has 0 aromatic carbocycles. The highest BCUT2D eigenvalue weighted by Gasteiger charge is 2.15. The molecule has 7 heteroatoms. The molecule has 92 valence electrons. The van der Waals surface area contributed by atoms with E-state index in [4.69, 9.17) is 11.0 Å². The van der Waals surface area contributed by atoms with E-state index in [2.05, 4.69) is 15.1 Å². The molecule has 0 fully saturated rings. The molecule has 0 saturated carbocycles. The van der Waals surface area contributed by atoms with Crippen molar-refractivity contribution in [3.8, 4) is 6.19 Å². The number of nitrogens with zero attached hydrogens (tertiary/aromatic N) is 5. The van der Waals surface area contributed by atoms with Gasteiger partial charge in [-0.15, -0.1) is 10.1 Å². The number of nitriles is 1. The number of thioether (sulfide) groups is 1. The molecule has 0 unspecified atom stereocenters. The van der Waals surface area contributed by atoms with Gasteiger partial charge in [0.1, 0.15) is 5.82 Å². The fourth-order valence-electron chi connectivity index (χ4n) is 1.83. The summed E-state index contributed by atoms with van der Waals surface area (Å²) in [5, 5.41) is 14.2. The first-order valence-corrected chi connectivity index (χ1v) is 6.44. The van der Waals surface area contributed by atoms with Crippen LogP contribution in [0.4, 0.5) is 5.82 Å². The molecule has 0 spiro atoms. The van der Waals surface area contributed by atoms with Crippen LogP contribution in [0.1, 0.15) is 11.3 Å². The number of hydrogen-bond donors (Lipinski definition) is 1. The fraction of sp³-hybridized carbons (Fsp3) is 0.273. The summed E-state index contributed by atoms with van der Waals surface area (Å²) >= 11 is 1.31. The molecule has 2 aromatic heterocycles. The maximum absolute atomic E-state index is 8.65. The van der Waals surface area contributed by atoms with Crippen LogP contribution in [-0.4, -0.2) is 26.2 Å². The van der Waals surface area contributed by atoms with Gasteiger partial charge in [-0.1, -0.05) is 11.8 Å². The van der Waals surface area contributed by atoms with Crippen molar-refractivity contribution in [3.05, 3.63) is 17.3 Å². The van der Waals surface area contributed by atoms with E-state index in [1.807, 2.05) is 26.2 Å². The standard InChI is InChI=1S/C11H12N6S/c1-6-4-7(2)15-10-8(6)9(13)17(16-10)11(18-3)14-5-12/h4H,13H2,1-3H3. The van der Waals surface area contributed by atoms with Gasteiger partial charge in [-0.3, -0.25) is 0 Å². The van der Waals surface area contributed by atoms with E-state index in [1.165, 1.54) is 16.4 Å². The Labute approximate surface area is 109 Å². The topological polar surface area (TPSA) is 92.9 Å². The molecule has 18 heavy (non-hydrogen) atoms. The maximum atomic E-state index is 8.65. The maximum Gasteiger partial charge on any atom is 0.208 e. The van der Waals surface area contributed by atoms with Crippen LogP contribution in [0, 0.1) is 25.3 Å². The van der Waals surface area contributed by atoms with Crippen LogP contribution in [0.2, 0.25) is 0 Å². The van der Waals surface area contributed by atoms with Crippen molar-refractivity contribution in [3.63, 3.8) is 0 Å². The number of aryl methyl sites for hydroxylation is 2. The molecular weight excluding hydrogens is 248 g/mol. The number of anilines is 1. The minimum atomic E-state index is 0.435. The monoisotopic (exact) mass is 260 g/mol. The lowest BCUT2D eigenvalue weighted by Gasteiger charge is -2.02. The van der Waals surface area contributed by atoms with Crippen LogP contribution in [0.5, 0.6) is 0 Å². The zero-order valence-electron chi connectivity index (χ0n) is 10.3. The Balaban J connectivity index is 2.76. The van der Waals surface area contributed by atoms with Gasteiger partial charge in [0.05, 0.1) is 5.39 Å². The molecule has 6 nitrogen and oxygen atoms in total. The van der Waals surface area contributed by atoms with Gasteiger partial charge in [-0.2, -0.15) is 9.94 Å². The molecule has 2 rings (SSSR count). The molecule has 0 aliphatic heterocycles. The lowest BCUT2D eigenvalue weighted by atomic mass is 10.2. The first kappa shape index (κ1) is 12.4. The summed E-state index contributed by atoms with van der Waals surface area (Å²) in [6, 6.07) is 1.95. The predicted octanol–water partition coefficient (Wildman–Crippen LogP) is 1.68. The highest BCUT2D eigenvalue weighted by Crippen LogP contribution is 2.24. The summed E-state index contributed by atoms with van der Waals surface area (Å²) < 4.78 is 1.46. The van der Waals surface area contributed by atoms with Crippen molar-refractivity contribution in [2.45, 2.75) is 13.8 Å². The van der Waals surface area contributed by atoms with Crippen LogP contribution in [0.25, 0.3) is 11.0 Å². The Bertz CT molecular complexity index is 679. The molecule has 0 saturated heterocycles. The Morgan fingerprint density at radius 1 is 1.56 bits per heavy atom. The van der Waals surface area contributed by atoms with Gasteiger partial charge in [0, 0.05) is 5.69 Å². The lowest BCUT2D eigenvalue weighted by molar-refractivity contribution is 0.966. The van der Waals surface area contributed by atoms with Crippen molar-refractivity contribution in [2.24, 2.45) is 4.99 Å². The minimum absolute atomic E-state index is 0.435. The Hall–Kier alpha value is -2.07. The number of fused-ring (bicyclic) bond motifs is 1. The van der Waals surface area contributed by atoms with Gasteiger partial charge in [0.2, 0.25) is 11.4 Å². The highest BCUT2D eigenvalue weighted by atomic mass is 32.2. The SMILES string of the molecule is CSC(=NC#N)n1nc2nc(C)cc(C)c2c1N.